The average molecular weight is 427 g/mol. The van der Waals surface area contributed by atoms with Crippen molar-refractivity contribution in [2.75, 3.05) is 19.6 Å². The minimum atomic E-state index is -0.110. The molecule has 0 radical (unpaired) electrons. The molecule has 1 aliphatic rings. The fourth-order valence-corrected chi connectivity index (χ4v) is 3.86. The monoisotopic (exact) mass is 426 g/mol. The number of nitrogens with one attached hydrogen (secondary N) is 1. The standard InChI is InChI=1S/C22H23ClN4O3/c1-15(28)24-14-16-7-9-26(10-8-16)22(29)19-13-20(21-6-3-11-30-21)27(25-19)18-5-2-4-17(23)12-18/h2-6,11-13,16H,7-10,14H2,1H3,(H,24,28). The molecule has 0 spiro atoms. The summed E-state index contributed by atoms with van der Waals surface area (Å²) in [6.07, 6.45) is 3.30. The smallest absolute Gasteiger partial charge is 0.274 e. The Morgan fingerprint density at radius 2 is 2.00 bits per heavy atom. The molecule has 0 atom stereocenters. The van der Waals surface area contributed by atoms with Crippen molar-refractivity contribution in [2.24, 2.45) is 5.92 Å². The molecule has 4 rings (SSSR count). The van der Waals surface area contributed by atoms with Gasteiger partial charge in [-0.1, -0.05) is 17.7 Å². The van der Waals surface area contributed by atoms with Gasteiger partial charge in [-0.05, 0) is 49.1 Å². The molecule has 1 aliphatic heterocycles. The Morgan fingerprint density at radius 1 is 1.20 bits per heavy atom. The second-order valence-electron chi connectivity index (χ2n) is 7.46. The van der Waals surface area contributed by atoms with E-state index in [4.69, 9.17) is 16.0 Å². The van der Waals surface area contributed by atoms with Gasteiger partial charge >= 0.3 is 0 Å². The van der Waals surface area contributed by atoms with Crippen LogP contribution >= 0.6 is 11.6 Å². The summed E-state index contributed by atoms with van der Waals surface area (Å²) in [6, 6.07) is 12.7. The summed E-state index contributed by atoms with van der Waals surface area (Å²) >= 11 is 6.16. The van der Waals surface area contributed by atoms with Crippen molar-refractivity contribution in [1.29, 1.82) is 0 Å². The van der Waals surface area contributed by atoms with Gasteiger partial charge < -0.3 is 14.6 Å². The Morgan fingerprint density at radius 3 is 2.67 bits per heavy atom. The zero-order chi connectivity index (χ0) is 21.1. The molecule has 30 heavy (non-hydrogen) atoms. The van der Waals surface area contributed by atoms with E-state index in [2.05, 4.69) is 10.4 Å². The lowest BCUT2D eigenvalue weighted by Crippen LogP contribution is -2.41. The van der Waals surface area contributed by atoms with E-state index in [0.717, 1.165) is 18.5 Å². The lowest BCUT2D eigenvalue weighted by molar-refractivity contribution is -0.119. The van der Waals surface area contributed by atoms with Gasteiger partial charge in [-0.3, -0.25) is 9.59 Å². The predicted molar refractivity (Wildman–Crippen MR) is 114 cm³/mol. The van der Waals surface area contributed by atoms with Gasteiger partial charge in [0.25, 0.3) is 5.91 Å². The normalized spacial score (nSPS) is 14.7. The highest BCUT2D eigenvalue weighted by Gasteiger charge is 2.27. The largest absolute Gasteiger partial charge is 0.463 e. The number of carbonyl (C=O) groups excluding carboxylic acids is 2. The number of rotatable bonds is 5. The maximum atomic E-state index is 13.1. The third-order valence-electron chi connectivity index (χ3n) is 5.30. The third-order valence-corrected chi connectivity index (χ3v) is 5.53. The zero-order valence-electron chi connectivity index (χ0n) is 16.7. The van der Waals surface area contributed by atoms with E-state index in [0.29, 0.717) is 47.7 Å². The van der Waals surface area contributed by atoms with Crippen molar-refractivity contribution in [1.82, 2.24) is 20.0 Å². The number of nitrogens with zero attached hydrogens (tertiary/aromatic N) is 3. The number of aromatic nitrogens is 2. The molecule has 3 heterocycles. The number of furan rings is 1. The summed E-state index contributed by atoms with van der Waals surface area (Å²) in [5, 5.41) is 8.03. The molecule has 1 aromatic carbocycles. The Hall–Kier alpha value is -3.06. The highest BCUT2D eigenvalue weighted by molar-refractivity contribution is 6.30. The van der Waals surface area contributed by atoms with E-state index in [1.165, 1.54) is 6.92 Å². The molecule has 1 N–H and O–H groups in total. The molecule has 8 heteroatoms. The molecule has 0 saturated carbocycles. The van der Waals surface area contributed by atoms with Crippen LogP contribution in [0.4, 0.5) is 0 Å². The first-order chi connectivity index (χ1) is 14.5. The molecule has 3 aromatic rings. The van der Waals surface area contributed by atoms with Crippen LogP contribution in [0.1, 0.15) is 30.3 Å². The first-order valence-corrected chi connectivity index (χ1v) is 10.3. The second-order valence-corrected chi connectivity index (χ2v) is 7.89. The zero-order valence-corrected chi connectivity index (χ0v) is 17.4. The summed E-state index contributed by atoms with van der Waals surface area (Å²) in [5.74, 6) is 0.878. The number of hydrogen-bond acceptors (Lipinski definition) is 4. The van der Waals surface area contributed by atoms with Gasteiger partial charge in [-0.15, -0.1) is 0 Å². The fraction of sp³-hybridized carbons (Fsp3) is 0.318. The van der Waals surface area contributed by atoms with E-state index < -0.39 is 0 Å². The Labute approximate surface area is 179 Å². The average Bonchev–Trinajstić information content (AvgIpc) is 3.42. The quantitative estimate of drug-likeness (QED) is 0.673. The topological polar surface area (TPSA) is 80.4 Å². The molecule has 1 saturated heterocycles. The van der Waals surface area contributed by atoms with E-state index in [-0.39, 0.29) is 11.8 Å². The van der Waals surface area contributed by atoms with Gasteiger partial charge in [0.05, 0.1) is 12.0 Å². The van der Waals surface area contributed by atoms with Gasteiger partial charge in [-0.2, -0.15) is 5.10 Å². The molecular weight excluding hydrogens is 404 g/mol. The number of benzene rings is 1. The van der Waals surface area contributed by atoms with Crippen LogP contribution in [0.5, 0.6) is 0 Å². The number of carbonyl (C=O) groups is 2. The van der Waals surface area contributed by atoms with Crippen LogP contribution in [0.3, 0.4) is 0 Å². The molecule has 2 amide bonds. The van der Waals surface area contributed by atoms with Crippen LogP contribution in [0.2, 0.25) is 5.02 Å². The Balaban J connectivity index is 1.55. The minimum absolute atomic E-state index is 0.0227. The number of amides is 2. The van der Waals surface area contributed by atoms with Crippen LogP contribution in [-0.4, -0.2) is 46.1 Å². The summed E-state index contributed by atoms with van der Waals surface area (Å²) in [6.45, 7) is 3.46. The van der Waals surface area contributed by atoms with Crippen molar-refractivity contribution in [2.45, 2.75) is 19.8 Å². The molecule has 1 fully saturated rings. The molecule has 2 aromatic heterocycles. The van der Waals surface area contributed by atoms with Crippen LogP contribution in [-0.2, 0) is 4.79 Å². The summed E-state index contributed by atoms with van der Waals surface area (Å²) in [4.78, 5) is 26.1. The summed E-state index contributed by atoms with van der Waals surface area (Å²) in [7, 11) is 0. The number of piperidine rings is 1. The number of likely N-dealkylation sites (tertiary alicyclic amines) is 1. The van der Waals surface area contributed by atoms with Crippen molar-refractivity contribution in [3.8, 4) is 17.1 Å². The highest BCUT2D eigenvalue weighted by Crippen LogP contribution is 2.27. The van der Waals surface area contributed by atoms with E-state index >= 15 is 0 Å². The van der Waals surface area contributed by atoms with Crippen molar-refractivity contribution in [3.63, 3.8) is 0 Å². The highest BCUT2D eigenvalue weighted by atomic mass is 35.5. The predicted octanol–water partition coefficient (Wildman–Crippen LogP) is 3.77. The van der Waals surface area contributed by atoms with Crippen LogP contribution in [0.15, 0.2) is 53.1 Å². The number of hydrogen-bond donors (Lipinski definition) is 1. The SMILES string of the molecule is CC(=O)NCC1CCN(C(=O)c2cc(-c3ccco3)n(-c3cccc(Cl)c3)n2)CC1. The molecule has 7 nitrogen and oxygen atoms in total. The summed E-state index contributed by atoms with van der Waals surface area (Å²) < 4.78 is 7.24. The van der Waals surface area contributed by atoms with Crippen LogP contribution < -0.4 is 5.32 Å². The van der Waals surface area contributed by atoms with Gasteiger partial charge in [0.15, 0.2) is 11.5 Å². The Kier molecular flexibility index (Phi) is 5.90. The van der Waals surface area contributed by atoms with Crippen molar-refractivity contribution >= 4 is 23.4 Å². The van der Waals surface area contributed by atoms with Gasteiger partial charge in [0, 0.05) is 37.6 Å². The second kappa shape index (κ2) is 8.75. The molecule has 0 unspecified atom stereocenters. The third kappa shape index (κ3) is 4.41. The first-order valence-electron chi connectivity index (χ1n) is 9.95. The van der Waals surface area contributed by atoms with Crippen molar-refractivity contribution < 1.29 is 14.0 Å². The molecular formula is C22H23ClN4O3. The van der Waals surface area contributed by atoms with E-state index in [1.807, 2.05) is 23.1 Å². The lowest BCUT2D eigenvalue weighted by Gasteiger charge is -2.31. The molecule has 0 bridgehead atoms. The van der Waals surface area contributed by atoms with E-state index in [1.54, 1.807) is 35.2 Å². The molecule has 0 aliphatic carbocycles. The maximum absolute atomic E-state index is 13.1. The van der Waals surface area contributed by atoms with Gasteiger partial charge in [-0.25, -0.2) is 4.68 Å². The van der Waals surface area contributed by atoms with Gasteiger partial charge in [0.1, 0.15) is 5.69 Å². The Bertz CT molecular complexity index is 1040. The fourth-order valence-electron chi connectivity index (χ4n) is 3.68. The van der Waals surface area contributed by atoms with Crippen molar-refractivity contribution in [3.05, 3.63) is 59.4 Å². The lowest BCUT2D eigenvalue weighted by atomic mass is 9.96. The van der Waals surface area contributed by atoms with Gasteiger partial charge in [0.2, 0.25) is 5.91 Å². The maximum Gasteiger partial charge on any atom is 0.274 e. The van der Waals surface area contributed by atoms with Crippen LogP contribution in [0.25, 0.3) is 17.1 Å². The summed E-state index contributed by atoms with van der Waals surface area (Å²) in [5.41, 5.74) is 1.80. The molecule has 156 valence electrons. The van der Waals surface area contributed by atoms with Crippen LogP contribution in [0, 0.1) is 5.92 Å². The number of halogens is 1. The first kappa shape index (κ1) is 20.2. The minimum Gasteiger partial charge on any atom is -0.463 e. The van der Waals surface area contributed by atoms with E-state index in [9.17, 15) is 9.59 Å².